The maximum Gasteiger partial charge on any atom is 0.335 e. The Bertz CT molecular complexity index is 734. The molecule has 1 unspecified atom stereocenters. The number of hydrogen-bond donors (Lipinski definition) is 1. The van der Waals surface area contributed by atoms with Crippen molar-refractivity contribution in [2.75, 3.05) is 0 Å². The predicted octanol–water partition coefficient (Wildman–Crippen LogP) is 3.73. The normalized spacial score (nSPS) is 12.1. The molecule has 110 valence electrons. The molecule has 3 nitrogen and oxygen atoms in total. The molecule has 0 radical (unpaired) electrons. The van der Waals surface area contributed by atoms with Crippen LogP contribution >= 0.6 is 15.9 Å². The summed E-state index contributed by atoms with van der Waals surface area (Å²) in [6, 6.07) is 6.99. The second-order valence-electron chi connectivity index (χ2n) is 4.18. The fourth-order valence-corrected chi connectivity index (χ4v) is 3.58. The minimum absolute atomic E-state index is 0.0547. The van der Waals surface area contributed by atoms with Crippen LogP contribution in [-0.2, 0) is 16.6 Å². The van der Waals surface area contributed by atoms with Gasteiger partial charge in [-0.3, -0.25) is 4.21 Å². The summed E-state index contributed by atoms with van der Waals surface area (Å²) in [4.78, 5) is 10.7. The van der Waals surface area contributed by atoms with Crippen LogP contribution < -0.4 is 0 Å². The van der Waals surface area contributed by atoms with Crippen molar-refractivity contribution < 1.29 is 22.9 Å². The van der Waals surface area contributed by atoms with E-state index >= 15 is 0 Å². The van der Waals surface area contributed by atoms with E-state index in [2.05, 4.69) is 15.9 Å². The van der Waals surface area contributed by atoms with Gasteiger partial charge in [0.1, 0.15) is 11.6 Å². The summed E-state index contributed by atoms with van der Waals surface area (Å²) < 4.78 is 39.3. The van der Waals surface area contributed by atoms with Gasteiger partial charge in [0.15, 0.2) is 0 Å². The molecular weight excluding hydrogens is 366 g/mol. The molecule has 1 N–H and O–H groups in total. The van der Waals surface area contributed by atoms with E-state index in [4.69, 9.17) is 5.11 Å². The molecule has 0 heterocycles. The summed E-state index contributed by atoms with van der Waals surface area (Å²) in [7, 11) is -1.78. The van der Waals surface area contributed by atoms with Crippen LogP contribution in [0.3, 0.4) is 0 Å². The van der Waals surface area contributed by atoms with Gasteiger partial charge in [-0.15, -0.1) is 0 Å². The number of carboxylic acids is 1. The van der Waals surface area contributed by atoms with Crippen molar-refractivity contribution >= 4 is 32.7 Å². The Morgan fingerprint density at radius 1 is 1.19 bits per heavy atom. The third-order valence-electron chi connectivity index (χ3n) is 2.73. The Morgan fingerprint density at radius 2 is 1.90 bits per heavy atom. The summed E-state index contributed by atoms with van der Waals surface area (Å²) in [5, 5.41) is 8.88. The number of carbonyl (C=O) groups is 1. The Kier molecular flexibility index (Phi) is 4.84. The van der Waals surface area contributed by atoms with Gasteiger partial charge in [-0.25, -0.2) is 13.6 Å². The largest absolute Gasteiger partial charge is 0.478 e. The molecule has 0 aliphatic carbocycles. The second-order valence-corrected chi connectivity index (χ2v) is 6.45. The van der Waals surface area contributed by atoms with E-state index in [-0.39, 0.29) is 16.2 Å². The lowest BCUT2D eigenvalue weighted by Crippen LogP contribution is -2.04. The van der Waals surface area contributed by atoms with Crippen molar-refractivity contribution in [2.24, 2.45) is 0 Å². The molecule has 2 aromatic carbocycles. The molecule has 1 atom stereocenters. The van der Waals surface area contributed by atoms with Crippen molar-refractivity contribution in [1.82, 2.24) is 0 Å². The summed E-state index contributed by atoms with van der Waals surface area (Å²) in [6.45, 7) is 0. The van der Waals surface area contributed by atoms with Crippen molar-refractivity contribution in [3.8, 4) is 0 Å². The van der Waals surface area contributed by atoms with E-state index in [0.29, 0.717) is 10.0 Å². The Morgan fingerprint density at radius 3 is 2.52 bits per heavy atom. The number of benzene rings is 2. The number of halogens is 3. The zero-order chi connectivity index (χ0) is 15.6. The van der Waals surface area contributed by atoms with E-state index in [1.54, 1.807) is 0 Å². The molecule has 7 heteroatoms. The number of carboxylic acid groups (broad SMARTS) is 1. The number of aromatic carboxylic acids is 1. The van der Waals surface area contributed by atoms with Crippen LogP contribution in [0.1, 0.15) is 15.9 Å². The molecule has 21 heavy (non-hydrogen) atoms. The van der Waals surface area contributed by atoms with Gasteiger partial charge in [0.25, 0.3) is 0 Å². The minimum Gasteiger partial charge on any atom is -0.478 e. The third kappa shape index (κ3) is 3.74. The van der Waals surface area contributed by atoms with Gasteiger partial charge >= 0.3 is 5.97 Å². The number of hydrogen-bond acceptors (Lipinski definition) is 2. The van der Waals surface area contributed by atoms with Crippen LogP contribution in [0.4, 0.5) is 8.78 Å². The maximum atomic E-state index is 13.7. The minimum atomic E-state index is -1.78. The molecule has 0 bridgehead atoms. The van der Waals surface area contributed by atoms with Crippen molar-refractivity contribution in [2.45, 2.75) is 10.6 Å². The van der Waals surface area contributed by atoms with Crippen molar-refractivity contribution in [1.29, 1.82) is 0 Å². The van der Waals surface area contributed by atoms with Crippen LogP contribution in [0.2, 0.25) is 0 Å². The van der Waals surface area contributed by atoms with E-state index in [1.807, 2.05) is 0 Å². The summed E-state index contributed by atoms with van der Waals surface area (Å²) in [5.41, 5.74) is 0.396. The lowest BCUT2D eigenvalue weighted by atomic mass is 10.2. The van der Waals surface area contributed by atoms with Crippen molar-refractivity contribution in [3.05, 3.63) is 63.6 Å². The first-order valence-electron chi connectivity index (χ1n) is 5.73. The molecule has 2 aromatic rings. The van der Waals surface area contributed by atoms with Gasteiger partial charge in [-0.2, -0.15) is 0 Å². The molecule has 0 fully saturated rings. The quantitative estimate of drug-likeness (QED) is 0.886. The molecule has 0 aliphatic rings. The third-order valence-corrected chi connectivity index (χ3v) is 4.84. The molecule has 0 amide bonds. The Labute approximate surface area is 130 Å². The highest BCUT2D eigenvalue weighted by Gasteiger charge is 2.15. The maximum absolute atomic E-state index is 13.7. The van der Waals surface area contributed by atoms with Gasteiger partial charge < -0.3 is 5.11 Å². The molecule has 0 saturated heterocycles. The topological polar surface area (TPSA) is 54.4 Å². The van der Waals surface area contributed by atoms with Gasteiger partial charge in [0.05, 0.1) is 27.0 Å². The molecule has 0 aromatic heterocycles. The van der Waals surface area contributed by atoms with Crippen molar-refractivity contribution in [3.63, 3.8) is 0 Å². The average molecular weight is 375 g/mol. The van der Waals surface area contributed by atoms with Gasteiger partial charge in [0.2, 0.25) is 0 Å². The predicted molar refractivity (Wildman–Crippen MR) is 77.6 cm³/mol. The highest BCUT2D eigenvalue weighted by Crippen LogP contribution is 2.23. The van der Waals surface area contributed by atoms with E-state index in [0.717, 1.165) is 18.2 Å². The zero-order valence-electron chi connectivity index (χ0n) is 10.5. The molecule has 0 aliphatic heterocycles. The summed E-state index contributed by atoms with van der Waals surface area (Å²) in [5.74, 6) is -2.47. The summed E-state index contributed by atoms with van der Waals surface area (Å²) >= 11 is 3.14. The van der Waals surface area contributed by atoms with Crippen LogP contribution in [0.5, 0.6) is 0 Å². The monoisotopic (exact) mass is 374 g/mol. The van der Waals surface area contributed by atoms with E-state index in [9.17, 15) is 17.8 Å². The zero-order valence-corrected chi connectivity index (χ0v) is 12.9. The molecule has 0 saturated carbocycles. The Balaban J connectivity index is 2.32. The van der Waals surface area contributed by atoms with Crippen LogP contribution in [0.25, 0.3) is 0 Å². The SMILES string of the molecule is O=C(O)c1ccc(F)c(S(=O)Cc2ccc(F)cc2Br)c1. The fraction of sp³-hybridized carbons (Fsp3) is 0.0714. The average Bonchev–Trinajstić information content (AvgIpc) is 2.42. The van der Waals surface area contributed by atoms with Crippen LogP contribution in [0, 0.1) is 11.6 Å². The Hall–Kier alpha value is -1.60. The van der Waals surface area contributed by atoms with Crippen LogP contribution in [0.15, 0.2) is 45.8 Å². The van der Waals surface area contributed by atoms with E-state index < -0.39 is 28.4 Å². The lowest BCUT2D eigenvalue weighted by molar-refractivity contribution is 0.0696. The van der Waals surface area contributed by atoms with Gasteiger partial charge in [-0.05, 0) is 35.9 Å². The first-order chi connectivity index (χ1) is 9.88. The highest BCUT2D eigenvalue weighted by atomic mass is 79.9. The lowest BCUT2D eigenvalue weighted by Gasteiger charge is -2.07. The van der Waals surface area contributed by atoms with Crippen LogP contribution in [-0.4, -0.2) is 15.3 Å². The smallest absolute Gasteiger partial charge is 0.335 e. The van der Waals surface area contributed by atoms with Gasteiger partial charge in [-0.1, -0.05) is 22.0 Å². The van der Waals surface area contributed by atoms with E-state index in [1.165, 1.54) is 18.2 Å². The molecule has 2 rings (SSSR count). The summed E-state index contributed by atoms with van der Waals surface area (Å²) in [6.07, 6.45) is 0. The fourth-order valence-electron chi connectivity index (χ4n) is 1.67. The van der Waals surface area contributed by atoms with Gasteiger partial charge in [0, 0.05) is 4.47 Å². The standard InChI is InChI=1S/C14H9BrF2O3S/c15-11-6-10(16)3-1-9(11)7-21(20)13-5-8(14(18)19)2-4-12(13)17/h1-6H,7H2,(H,18,19). The number of rotatable bonds is 4. The second kappa shape index (κ2) is 6.44. The molecule has 0 spiro atoms. The molecular formula is C14H9BrF2O3S. The first-order valence-corrected chi connectivity index (χ1v) is 7.85. The first kappa shape index (κ1) is 15.8. The highest BCUT2D eigenvalue weighted by molar-refractivity contribution is 9.10.